The summed E-state index contributed by atoms with van der Waals surface area (Å²) in [6.07, 6.45) is 6.34. The number of rotatable bonds is 5. The zero-order chi connectivity index (χ0) is 16.8. The Morgan fingerprint density at radius 1 is 1.29 bits per heavy atom. The van der Waals surface area contributed by atoms with E-state index in [0.29, 0.717) is 5.92 Å². The van der Waals surface area contributed by atoms with Crippen molar-refractivity contribution < 1.29 is 4.74 Å². The summed E-state index contributed by atoms with van der Waals surface area (Å²) in [5, 5.41) is 3.66. The maximum Gasteiger partial charge on any atom is 0.193 e. The first-order valence-corrected chi connectivity index (χ1v) is 9.28. The van der Waals surface area contributed by atoms with Crippen molar-refractivity contribution in [3.05, 3.63) is 35.9 Å². The monoisotopic (exact) mass is 329 g/mol. The van der Waals surface area contributed by atoms with E-state index in [1.165, 1.54) is 31.2 Å². The molecule has 4 nitrogen and oxygen atoms in total. The average Bonchev–Trinajstić information content (AvgIpc) is 3.29. The Hall–Kier alpha value is -1.55. The summed E-state index contributed by atoms with van der Waals surface area (Å²) in [4.78, 5) is 6.76. The number of hydrogen-bond donors (Lipinski definition) is 1. The standard InChI is InChI=1S/C20H31N3O/c1-21-19(23(2)14-17-10-13-24-15-17)22-16-20(11-6-7-12-20)18-8-4-3-5-9-18/h3-5,8-9,17H,6-7,10-16H2,1-2H3,(H,21,22). The predicted molar refractivity (Wildman–Crippen MR) is 99.5 cm³/mol. The van der Waals surface area contributed by atoms with Crippen LogP contribution in [0.3, 0.4) is 0 Å². The van der Waals surface area contributed by atoms with E-state index in [9.17, 15) is 0 Å². The van der Waals surface area contributed by atoms with Crippen LogP contribution >= 0.6 is 0 Å². The van der Waals surface area contributed by atoms with E-state index in [0.717, 1.165) is 38.7 Å². The molecule has 4 heteroatoms. The van der Waals surface area contributed by atoms with Crippen LogP contribution in [0.25, 0.3) is 0 Å². The number of ether oxygens (including phenoxy) is 1. The molecule has 1 saturated heterocycles. The Labute approximate surface area is 146 Å². The van der Waals surface area contributed by atoms with E-state index in [-0.39, 0.29) is 5.41 Å². The van der Waals surface area contributed by atoms with Gasteiger partial charge in [-0.2, -0.15) is 0 Å². The molecule has 1 saturated carbocycles. The van der Waals surface area contributed by atoms with Crippen LogP contribution in [-0.2, 0) is 10.2 Å². The van der Waals surface area contributed by atoms with Crippen molar-refractivity contribution in [1.29, 1.82) is 0 Å². The fourth-order valence-electron chi connectivity index (χ4n) is 4.25. The van der Waals surface area contributed by atoms with Crippen LogP contribution in [0.4, 0.5) is 0 Å². The lowest BCUT2D eigenvalue weighted by atomic mass is 9.79. The Morgan fingerprint density at radius 3 is 2.67 bits per heavy atom. The van der Waals surface area contributed by atoms with Gasteiger partial charge in [-0.3, -0.25) is 4.99 Å². The zero-order valence-corrected chi connectivity index (χ0v) is 15.1. The number of guanidine groups is 1. The largest absolute Gasteiger partial charge is 0.381 e. The summed E-state index contributed by atoms with van der Waals surface area (Å²) in [5.74, 6) is 1.63. The SMILES string of the molecule is CN=C(NCC1(c2ccccc2)CCCC1)N(C)CC1CCOC1. The highest BCUT2D eigenvalue weighted by Crippen LogP contribution is 2.40. The van der Waals surface area contributed by atoms with Crippen molar-refractivity contribution in [2.45, 2.75) is 37.5 Å². The van der Waals surface area contributed by atoms with Crippen LogP contribution in [0.15, 0.2) is 35.3 Å². The molecule has 1 aromatic carbocycles. The third kappa shape index (κ3) is 3.92. The van der Waals surface area contributed by atoms with Gasteiger partial charge < -0.3 is 15.0 Å². The molecule has 24 heavy (non-hydrogen) atoms. The molecule has 1 N–H and O–H groups in total. The van der Waals surface area contributed by atoms with Crippen LogP contribution in [0, 0.1) is 5.92 Å². The van der Waals surface area contributed by atoms with Crippen LogP contribution in [0.2, 0.25) is 0 Å². The van der Waals surface area contributed by atoms with E-state index in [2.05, 4.69) is 52.6 Å². The summed E-state index contributed by atoms with van der Waals surface area (Å²) in [5.41, 5.74) is 1.73. The minimum atomic E-state index is 0.258. The molecule has 3 rings (SSSR count). The van der Waals surface area contributed by atoms with Crippen molar-refractivity contribution in [2.75, 3.05) is 40.4 Å². The van der Waals surface area contributed by atoms with Gasteiger partial charge in [0, 0.05) is 45.1 Å². The van der Waals surface area contributed by atoms with Crippen molar-refractivity contribution in [3.63, 3.8) is 0 Å². The topological polar surface area (TPSA) is 36.9 Å². The fourth-order valence-corrected chi connectivity index (χ4v) is 4.25. The van der Waals surface area contributed by atoms with Gasteiger partial charge in [-0.1, -0.05) is 43.2 Å². The zero-order valence-electron chi connectivity index (χ0n) is 15.1. The molecule has 1 aromatic rings. The second kappa shape index (κ2) is 8.02. The molecule has 0 spiro atoms. The molecule has 2 aliphatic rings. The maximum absolute atomic E-state index is 5.50. The van der Waals surface area contributed by atoms with Crippen LogP contribution in [-0.4, -0.2) is 51.3 Å². The summed E-state index contributed by atoms with van der Waals surface area (Å²) in [7, 11) is 4.02. The highest BCUT2D eigenvalue weighted by atomic mass is 16.5. The highest BCUT2D eigenvalue weighted by molar-refractivity contribution is 5.79. The molecule has 0 radical (unpaired) electrons. The summed E-state index contributed by atoms with van der Waals surface area (Å²) < 4.78 is 5.50. The molecule has 0 aromatic heterocycles. The minimum Gasteiger partial charge on any atom is -0.381 e. The third-order valence-corrected chi connectivity index (χ3v) is 5.66. The molecular weight excluding hydrogens is 298 g/mol. The molecule has 2 fully saturated rings. The number of nitrogens with zero attached hydrogens (tertiary/aromatic N) is 2. The summed E-state index contributed by atoms with van der Waals surface area (Å²) in [6.45, 7) is 3.77. The summed E-state index contributed by atoms with van der Waals surface area (Å²) in [6, 6.07) is 11.0. The van der Waals surface area contributed by atoms with Crippen molar-refractivity contribution in [1.82, 2.24) is 10.2 Å². The molecule has 1 atom stereocenters. The molecule has 1 aliphatic carbocycles. The summed E-state index contributed by atoms with van der Waals surface area (Å²) >= 11 is 0. The van der Waals surface area contributed by atoms with Crippen LogP contribution in [0.5, 0.6) is 0 Å². The lowest BCUT2D eigenvalue weighted by Gasteiger charge is -2.33. The lowest BCUT2D eigenvalue weighted by molar-refractivity contribution is 0.181. The van der Waals surface area contributed by atoms with Gasteiger partial charge >= 0.3 is 0 Å². The maximum atomic E-state index is 5.50. The Kier molecular flexibility index (Phi) is 5.77. The van der Waals surface area contributed by atoms with Gasteiger partial charge in [-0.25, -0.2) is 0 Å². The van der Waals surface area contributed by atoms with E-state index < -0.39 is 0 Å². The van der Waals surface area contributed by atoms with E-state index in [1.54, 1.807) is 0 Å². The second-order valence-electron chi connectivity index (χ2n) is 7.36. The van der Waals surface area contributed by atoms with Gasteiger partial charge in [0.05, 0.1) is 6.61 Å². The molecular formula is C20H31N3O. The molecule has 132 valence electrons. The molecule has 1 unspecified atom stereocenters. The van der Waals surface area contributed by atoms with Crippen molar-refractivity contribution in [2.24, 2.45) is 10.9 Å². The van der Waals surface area contributed by atoms with Gasteiger partial charge in [0.2, 0.25) is 0 Å². The van der Waals surface area contributed by atoms with E-state index in [1.807, 2.05) is 7.05 Å². The van der Waals surface area contributed by atoms with Crippen LogP contribution < -0.4 is 5.32 Å². The molecule has 1 aliphatic heterocycles. The number of nitrogens with one attached hydrogen (secondary N) is 1. The molecule has 0 bridgehead atoms. The molecule has 1 heterocycles. The van der Waals surface area contributed by atoms with E-state index in [4.69, 9.17) is 4.74 Å². The first-order valence-electron chi connectivity index (χ1n) is 9.28. The smallest absolute Gasteiger partial charge is 0.193 e. The second-order valence-corrected chi connectivity index (χ2v) is 7.36. The molecule has 0 amide bonds. The Bertz CT molecular complexity index is 531. The van der Waals surface area contributed by atoms with E-state index >= 15 is 0 Å². The predicted octanol–water partition coefficient (Wildman–Crippen LogP) is 3.04. The number of aliphatic imine (C=N–C) groups is 1. The van der Waals surface area contributed by atoms with Crippen LogP contribution in [0.1, 0.15) is 37.7 Å². The number of hydrogen-bond acceptors (Lipinski definition) is 2. The fraction of sp³-hybridized carbons (Fsp3) is 0.650. The normalized spacial score (nSPS) is 23.4. The lowest BCUT2D eigenvalue weighted by Crippen LogP contribution is -2.46. The minimum absolute atomic E-state index is 0.258. The quantitative estimate of drug-likeness (QED) is 0.666. The first-order chi connectivity index (χ1) is 11.7. The van der Waals surface area contributed by atoms with Gasteiger partial charge in [-0.15, -0.1) is 0 Å². The first kappa shape index (κ1) is 17.3. The number of benzene rings is 1. The van der Waals surface area contributed by atoms with Gasteiger partial charge in [-0.05, 0) is 24.8 Å². The Balaban J connectivity index is 1.62. The highest BCUT2D eigenvalue weighted by Gasteiger charge is 2.35. The van der Waals surface area contributed by atoms with Crippen molar-refractivity contribution in [3.8, 4) is 0 Å². The Morgan fingerprint density at radius 2 is 2.04 bits per heavy atom. The van der Waals surface area contributed by atoms with Gasteiger partial charge in [0.1, 0.15) is 0 Å². The van der Waals surface area contributed by atoms with Crippen molar-refractivity contribution >= 4 is 5.96 Å². The van der Waals surface area contributed by atoms with Gasteiger partial charge in [0.25, 0.3) is 0 Å². The van der Waals surface area contributed by atoms with Gasteiger partial charge in [0.15, 0.2) is 5.96 Å². The third-order valence-electron chi connectivity index (χ3n) is 5.66. The average molecular weight is 329 g/mol.